The first-order valence-electron chi connectivity index (χ1n) is 9.79. The minimum absolute atomic E-state index is 0.257. The van der Waals surface area contributed by atoms with Crippen LogP contribution in [0.25, 0.3) is 5.65 Å². The first-order valence-corrected chi connectivity index (χ1v) is 9.79. The molecule has 1 saturated carbocycles. The highest BCUT2D eigenvalue weighted by Gasteiger charge is 2.65. The number of anilines is 1. The van der Waals surface area contributed by atoms with Crippen molar-refractivity contribution in [3.8, 4) is 5.88 Å². The zero-order chi connectivity index (χ0) is 19.8. The fourth-order valence-electron chi connectivity index (χ4n) is 4.83. The molecule has 3 aliphatic rings. The lowest BCUT2D eigenvalue weighted by Crippen LogP contribution is -2.35. The Labute approximate surface area is 165 Å². The maximum absolute atomic E-state index is 14.2. The van der Waals surface area contributed by atoms with E-state index in [9.17, 15) is 9.18 Å². The van der Waals surface area contributed by atoms with Crippen LogP contribution in [0, 0.1) is 11.7 Å². The zero-order valence-corrected chi connectivity index (χ0v) is 15.8. The smallest absolute Gasteiger partial charge is 0.256 e. The Hall–Kier alpha value is -3.23. The number of hydrogen-bond acceptors (Lipinski definition) is 6. The molecule has 5 heterocycles. The third kappa shape index (κ3) is 2.30. The van der Waals surface area contributed by atoms with E-state index in [1.807, 2.05) is 13.0 Å². The lowest BCUT2D eigenvalue weighted by molar-refractivity contribution is 0.0931. The molecule has 6 rings (SSSR count). The first kappa shape index (κ1) is 16.7. The van der Waals surface area contributed by atoms with Crippen molar-refractivity contribution in [2.24, 2.45) is 5.92 Å². The highest BCUT2D eigenvalue weighted by molar-refractivity contribution is 5.99. The number of hydrogen-bond donors (Lipinski definition) is 1. The molecule has 0 radical (unpaired) electrons. The van der Waals surface area contributed by atoms with Crippen LogP contribution in [0.3, 0.4) is 0 Å². The average Bonchev–Trinajstić information content (AvgIpc) is 3.10. The quantitative estimate of drug-likeness (QED) is 0.627. The lowest BCUT2D eigenvalue weighted by Gasteiger charge is -2.31. The summed E-state index contributed by atoms with van der Waals surface area (Å²) >= 11 is 0. The van der Waals surface area contributed by atoms with Crippen LogP contribution < -0.4 is 15.0 Å². The number of amides is 1. The number of ether oxygens (including phenoxy) is 1. The molecule has 2 bridgehead atoms. The Kier molecular flexibility index (Phi) is 3.25. The lowest BCUT2D eigenvalue weighted by atomic mass is 10.0. The second-order valence-electron chi connectivity index (χ2n) is 8.02. The first-order chi connectivity index (χ1) is 14.1. The highest BCUT2D eigenvalue weighted by atomic mass is 19.1. The molecule has 1 N–H and O–H groups in total. The van der Waals surface area contributed by atoms with Gasteiger partial charge in [0.05, 0.1) is 24.5 Å². The third-order valence-corrected chi connectivity index (χ3v) is 6.28. The van der Waals surface area contributed by atoms with Crippen LogP contribution in [-0.2, 0) is 5.54 Å². The van der Waals surface area contributed by atoms with Crippen molar-refractivity contribution in [2.45, 2.75) is 31.4 Å². The van der Waals surface area contributed by atoms with E-state index >= 15 is 0 Å². The van der Waals surface area contributed by atoms with Crippen molar-refractivity contribution in [1.29, 1.82) is 0 Å². The molecule has 9 heteroatoms. The summed E-state index contributed by atoms with van der Waals surface area (Å²) in [6.07, 6.45) is 6.07. The van der Waals surface area contributed by atoms with Crippen LogP contribution in [0.15, 0.2) is 30.7 Å². The van der Waals surface area contributed by atoms with Crippen molar-refractivity contribution in [3.05, 3.63) is 47.7 Å². The maximum Gasteiger partial charge on any atom is 0.256 e. The maximum atomic E-state index is 14.2. The second kappa shape index (κ2) is 5.65. The number of carbonyl (C=O) groups excluding carboxylic acids is 1. The number of aromatic nitrogens is 4. The Morgan fingerprint density at radius 3 is 3.14 bits per heavy atom. The summed E-state index contributed by atoms with van der Waals surface area (Å²) in [6.45, 7) is 2.94. The third-order valence-electron chi connectivity index (χ3n) is 6.28. The molecule has 1 spiro atoms. The fraction of sp³-hybridized carbons (Fsp3) is 0.400. The number of nitrogens with zero attached hydrogens (tertiary/aromatic N) is 5. The van der Waals surface area contributed by atoms with Crippen LogP contribution in [0.5, 0.6) is 5.88 Å². The number of rotatable bonds is 0. The van der Waals surface area contributed by atoms with Crippen LogP contribution in [-0.4, -0.2) is 44.7 Å². The summed E-state index contributed by atoms with van der Waals surface area (Å²) in [5, 5.41) is 7.11. The van der Waals surface area contributed by atoms with Crippen LogP contribution >= 0.6 is 0 Å². The summed E-state index contributed by atoms with van der Waals surface area (Å²) in [4.78, 5) is 23.9. The Balaban J connectivity index is 1.58. The summed E-state index contributed by atoms with van der Waals surface area (Å²) in [7, 11) is 0. The molecule has 1 aliphatic carbocycles. The van der Waals surface area contributed by atoms with Crippen molar-refractivity contribution >= 4 is 17.4 Å². The van der Waals surface area contributed by atoms with Crippen molar-refractivity contribution in [2.75, 3.05) is 18.0 Å². The zero-order valence-electron chi connectivity index (χ0n) is 15.8. The SMILES string of the molecule is C[C@H]1CNC(=O)c2cnn3ccc(nc23)N2CC[C@H]3C[C@]32c2cc(F)cnc2O1. The number of piperidine rings is 1. The van der Waals surface area contributed by atoms with Crippen LogP contribution in [0.1, 0.15) is 35.7 Å². The van der Waals surface area contributed by atoms with Gasteiger partial charge in [-0.2, -0.15) is 5.10 Å². The van der Waals surface area contributed by atoms with Gasteiger partial charge in [0.15, 0.2) is 5.65 Å². The van der Waals surface area contributed by atoms with Crippen molar-refractivity contribution in [3.63, 3.8) is 0 Å². The Morgan fingerprint density at radius 1 is 1.38 bits per heavy atom. The van der Waals surface area contributed by atoms with Gasteiger partial charge in [-0.15, -0.1) is 0 Å². The molecule has 8 nitrogen and oxygen atoms in total. The molecule has 0 unspecified atom stereocenters. The second-order valence-corrected chi connectivity index (χ2v) is 8.02. The van der Waals surface area contributed by atoms with Gasteiger partial charge in [0, 0.05) is 18.3 Å². The van der Waals surface area contributed by atoms with Gasteiger partial charge in [-0.05, 0) is 37.8 Å². The minimum atomic E-state index is -0.383. The van der Waals surface area contributed by atoms with E-state index in [-0.39, 0.29) is 29.9 Å². The fourth-order valence-corrected chi connectivity index (χ4v) is 4.83. The van der Waals surface area contributed by atoms with Gasteiger partial charge in [0.1, 0.15) is 23.3 Å². The molecule has 3 aromatic rings. The average molecular weight is 394 g/mol. The molecule has 2 fully saturated rings. The Bertz CT molecular complexity index is 1160. The molecule has 3 aromatic heterocycles. The van der Waals surface area contributed by atoms with Gasteiger partial charge < -0.3 is 15.0 Å². The summed E-state index contributed by atoms with van der Waals surface area (Å²) in [6, 6.07) is 3.42. The molecule has 0 aromatic carbocycles. The van der Waals surface area contributed by atoms with E-state index in [0.717, 1.165) is 30.8 Å². The number of carbonyl (C=O) groups is 1. The molecule has 1 amide bonds. The van der Waals surface area contributed by atoms with Gasteiger partial charge in [0.25, 0.3) is 5.91 Å². The van der Waals surface area contributed by atoms with Gasteiger partial charge >= 0.3 is 0 Å². The molecule has 148 valence electrons. The summed E-state index contributed by atoms with van der Waals surface area (Å²) in [5.74, 6) is 0.925. The minimum Gasteiger partial charge on any atom is -0.473 e. The molecule has 2 aliphatic heterocycles. The molecular weight excluding hydrogens is 375 g/mol. The monoisotopic (exact) mass is 394 g/mol. The topological polar surface area (TPSA) is 84.7 Å². The molecule has 29 heavy (non-hydrogen) atoms. The normalized spacial score (nSPS) is 27.8. The molecule has 1 saturated heterocycles. The largest absolute Gasteiger partial charge is 0.473 e. The number of fused-ring (bicyclic) bond motifs is 3. The van der Waals surface area contributed by atoms with Gasteiger partial charge in [0.2, 0.25) is 5.88 Å². The Morgan fingerprint density at radius 2 is 2.28 bits per heavy atom. The molecular formula is C20H19FN6O2. The summed E-state index contributed by atoms with van der Waals surface area (Å²) in [5.41, 5.74) is 1.30. The van der Waals surface area contributed by atoms with Crippen LogP contribution in [0.2, 0.25) is 0 Å². The van der Waals surface area contributed by atoms with Crippen molar-refractivity contribution < 1.29 is 13.9 Å². The number of nitrogens with one attached hydrogen (secondary N) is 1. The van der Waals surface area contributed by atoms with Crippen LogP contribution in [0.4, 0.5) is 10.2 Å². The standard InChI is InChI=1S/C20H19FN6O2/c1-11-8-22-18(28)14-10-24-27-5-3-16(25-17(14)27)26-4-2-12-7-20(12,26)15-6-13(21)9-23-19(15)29-11/h3,5-6,9-12H,2,4,7-8H2,1H3,(H,22,28)/t11-,12-,20+/m0/s1. The van der Waals surface area contributed by atoms with Gasteiger partial charge in [-0.25, -0.2) is 18.9 Å². The number of pyridine rings is 1. The van der Waals surface area contributed by atoms with E-state index in [4.69, 9.17) is 9.72 Å². The van der Waals surface area contributed by atoms with E-state index in [0.29, 0.717) is 23.0 Å². The molecule has 3 atom stereocenters. The van der Waals surface area contributed by atoms with E-state index in [1.54, 1.807) is 10.7 Å². The van der Waals surface area contributed by atoms with Gasteiger partial charge in [-0.3, -0.25) is 4.79 Å². The van der Waals surface area contributed by atoms with E-state index < -0.39 is 0 Å². The van der Waals surface area contributed by atoms with E-state index in [1.165, 1.54) is 18.5 Å². The highest BCUT2D eigenvalue weighted by Crippen LogP contribution is 2.64. The summed E-state index contributed by atoms with van der Waals surface area (Å²) < 4.78 is 21.9. The number of halogens is 1. The van der Waals surface area contributed by atoms with Crippen molar-refractivity contribution in [1.82, 2.24) is 24.9 Å². The van der Waals surface area contributed by atoms with E-state index in [2.05, 4.69) is 20.3 Å². The van der Waals surface area contributed by atoms with Gasteiger partial charge in [-0.1, -0.05) is 0 Å². The predicted molar refractivity (Wildman–Crippen MR) is 101 cm³/mol. The predicted octanol–water partition coefficient (Wildman–Crippen LogP) is 1.90.